The highest BCUT2D eigenvalue weighted by molar-refractivity contribution is 5.84. The third-order valence-electron chi connectivity index (χ3n) is 3.64. The van der Waals surface area contributed by atoms with Gasteiger partial charge in [-0.15, -0.1) is 0 Å². The van der Waals surface area contributed by atoms with Crippen LogP contribution >= 0.6 is 0 Å². The van der Waals surface area contributed by atoms with Crippen molar-refractivity contribution in [2.45, 2.75) is 52.1 Å². The van der Waals surface area contributed by atoms with Gasteiger partial charge < -0.3 is 4.74 Å². The summed E-state index contributed by atoms with van der Waals surface area (Å²) in [4.78, 5) is 11.7. The van der Waals surface area contributed by atoms with Gasteiger partial charge in [-0.25, -0.2) is 0 Å². The van der Waals surface area contributed by atoms with Crippen LogP contribution in [0.15, 0.2) is 0 Å². The van der Waals surface area contributed by atoms with Crippen LogP contribution in [-0.4, -0.2) is 18.5 Å². The van der Waals surface area contributed by atoms with Gasteiger partial charge in [-0.3, -0.25) is 4.79 Å². The number of ketones is 1. The van der Waals surface area contributed by atoms with Crippen molar-refractivity contribution in [1.29, 1.82) is 0 Å². The van der Waals surface area contributed by atoms with Crippen molar-refractivity contribution in [2.24, 2.45) is 11.3 Å². The molecule has 80 valence electrons. The Hall–Kier alpha value is -0.370. The highest BCUT2D eigenvalue weighted by Gasteiger charge is 2.49. The highest BCUT2D eigenvalue weighted by Crippen LogP contribution is 2.52. The van der Waals surface area contributed by atoms with Gasteiger partial charge in [0.25, 0.3) is 0 Å². The van der Waals surface area contributed by atoms with E-state index in [1.54, 1.807) is 0 Å². The maximum absolute atomic E-state index is 11.7. The number of carbonyl (C=O) groups excluding carboxylic acids is 1. The van der Waals surface area contributed by atoms with Gasteiger partial charge in [-0.2, -0.15) is 0 Å². The molecule has 0 N–H and O–H groups in total. The summed E-state index contributed by atoms with van der Waals surface area (Å²) in [5.41, 5.74) is 0.299. The lowest BCUT2D eigenvalue weighted by molar-refractivity contribution is -0.121. The summed E-state index contributed by atoms with van der Waals surface area (Å²) in [6.45, 7) is 5.26. The second kappa shape index (κ2) is 3.65. The normalized spacial score (nSPS) is 34.4. The maximum atomic E-state index is 11.7. The van der Waals surface area contributed by atoms with Crippen molar-refractivity contribution in [2.75, 3.05) is 6.61 Å². The standard InChI is InChI=1S/C12H20O2/c1-12(2)8-10(12)11(13)6-5-9-4-3-7-14-9/h9-10H,3-8H2,1-2H3. The Morgan fingerprint density at radius 1 is 1.50 bits per heavy atom. The lowest BCUT2D eigenvalue weighted by Gasteiger charge is -2.08. The van der Waals surface area contributed by atoms with Gasteiger partial charge in [-0.05, 0) is 31.1 Å². The smallest absolute Gasteiger partial charge is 0.136 e. The van der Waals surface area contributed by atoms with Crippen molar-refractivity contribution >= 4 is 5.78 Å². The third kappa shape index (κ3) is 2.17. The predicted molar refractivity (Wildman–Crippen MR) is 55.1 cm³/mol. The Labute approximate surface area is 86.0 Å². The summed E-state index contributed by atoms with van der Waals surface area (Å²) in [6, 6.07) is 0. The first-order valence-corrected chi connectivity index (χ1v) is 5.74. The highest BCUT2D eigenvalue weighted by atomic mass is 16.5. The average Bonchev–Trinajstić information content (AvgIpc) is 2.61. The van der Waals surface area contributed by atoms with Crippen LogP contribution in [0.25, 0.3) is 0 Å². The summed E-state index contributed by atoms with van der Waals surface area (Å²) in [6.07, 6.45) is 5.48. The zero-order chi connectivity index (χ0) is 10.2. The second-order valence-electron chi connectivity index (χ2n) is 5.39. The van der Waals surface area contributed by atoms with E-state index < -0.39 is 0 Å². The first-order valence-electron chi connectivity index (χ1n) is 5.74. The lowest BCUT2D eigenvalue weighted by atomic mass is 10.0. The Bertz CT molecular complexity index is 226. The molecule has 0 aromatic rings. The van der Waals surface area contributed by atoms with Crippen LogP contribution < -0.4 is 0 Å². The van der Waals surface area contributed by atoms with Crippen LogP contribution in [-0.2, 0) is 9.53 Å². The fraction of sp³-hybridized carbons (Fsp3) is 0.917. The molecule has 1 aliphatic carbocycles. The molecule has 2 heteroatoms. The molecule has 0 bridgehead atoms. The monoisotopic (exact) mass is 196 g/mol. The minimum Gasteiger partial charge on any atom is -0.378 e. The van der Waals surface area contributed by atoms with Crippen molar-refractivity contribution in [3.63, 3.8) is 0 Å². The molecule has 14 heavy (non-hydrogen) atoms. The minimum absolute atomic E-state index is 0.299. The fourth-order valence-electron chi connectivity index (χ4n) is 2.37. The molecule has 1 heterocycles. The molecule has 1 aliphatic heterocycles. The Morgan fingerprint density at radius 3 is 2.71 bits per heavy atom. The minimum atomic E-state index is 0.299. The molecule has 0 radical (unpaired) electrons. The Kier molecular flexibility index (Phi) is 2.65. The van der Waals surface area contributed by atoms with Gasteiger partial charge in [0.15, 0.2) is 0 Å². The van der Waals surface area contributed by atoms with Gasteiger partial charge >= 0.3 is 0 Å². The van der Waals surface area contributed by atoms with Crippen LogP contribution in [0.2, 0.25) is 0 Å². The van der Waals surface area contributed by atoms with Gasteiger partial charge in [-0.1, -0.05) is 13.8 Å². The van der Waals surface area contributed by atoms with Crippen LogP contribution in [0.1, 0.15) is 46.0 Å². The SMILES string of the molecule is CC1(C)CC1C(=O)CCC1CCCO1. The van der Waals surface area contributed by atoms with Crippen molar-refractivity contribution in [3.05, 3.63) is 0 Å². The molecule has 2 fully saturated rings. The molecule has 2 aliphatic rings. The van der Waals surface area contributed by atoms with E-state index in [0.717, 1.165) is 32.3 Å². The Balaban J connectivity index is 1.68. The lowest BCUT2D eigenvalue weighted by Crippen LogP contribution is -2.11. The summed E-state index contributed by atoms with van der Waals surface area (Å²) >= 11 is 0. The van der Waals surface area contributed by atoms with Crippen LogP contribution in [0.3, 0.4) is 0 Å². The van der Waals surface area contributed by atoms with E-state index in [1.807, 2.05) is 0 Å². The number of hydrogen-bond donors (Lipinski definition) is 0. The van der Waals surface area contributed by atoms with E-state index in [0.29, 0.717) is 23.2 Å². The number of ether oxygens (including phenoxy) is 1. The van der Waals surface area contributed by atoms with Gasteiger partial charge in [0.1, 0.15) is 5.78 Å². The van der Waals surface area contributed by atoms with E-state index in [4.69, 9.17) is 4.74 Å². The largest absolute Gasteiger partial charge is 0.378 e. The molecule has 0 spiro atoms. The molecule has 1 saturated carbocycles. The summed E-state index contributed by atoms with van der Waals surface area (Å²) in [5, 5.41) is 0. The van der Waals surface area contributed by atoms with Crippen molar-refractivity contribution in [1.82, 2.24) is 0 Å². The number of hydrogen-bond acceptors (Lipinski definition) is 2. The fourth-order valence-corrected chi connectivity index (χ4v) is 2.37. The zero-order valence-corrected chi connectivity index (χ0v) is 9.21. The van der Waals surface area contributed by atoms with Gasteiger partial charge in [0.2, 0.25) is 0 Å². The van der Waals surface area contributed by atoms with E-state index in [-0.39, 0.29) is 0 Å². The molecule has 2 atom stereocenters. The maximum Gasteiger partial charge on any atom is 0.136 e. The summed E-state index contributed by atoms with van der Waals surface area (Å²) in [7, 11) is 0. The molecule has 0 aromatic carbocycles. The van der Waals surface area contributed by atoms with Crippen LogP contribution in [0.5, 0.6) is 0 Å². The second-order valence-corrected chi connectivity index (χ2v) is 5.39. The van der Waals surface area contributed by atoms with E-state index in [1.165, 1.54) is 6.42 Å². The van der Waals surface area contributed by atoms with Gasteiger partial charge in [0, 0.05) is 18.9 Å². The van der Waals surface area contributed by atoms with Gasteiger partial charge in [0.05, 0.1) is 6.10 Å². The molecular formula is C12H20O2. The molecule has 1 saturated heterocycles. The number of carbonyl (C=O) groups is 1. The van der Waals surface area contributed by atoms with Crippen LogP contribution in [0.4, 0.5) is 0 Å². The molecule has 2 unspecified atom stereocenters. The van der Waals surface area contributed by atoms with E-state index >= 15 is 0 Å². The molecular weight excluding hydrogens is 176 g/mol. The number of Topliss-reactive ketones (excluding diaryl/α,β-unsaturated/α-hetero) is 1. The first-order chi connectivity index (χ1) is 6.59. The average molecular weight is 196 g/mol. The summed E-state index contributed by atoms with van der Waals surface area (Å²) in [5.74, 6) is 0.814. The number of rotatable bonds is 4. The molecule has 0 amide bonds. The summed E-state index contributed by atoms with van der Waals surface area (Å²) < 4.78 is 5.50. The third-order valence-corrected chi connectivity index (χ3v) is 3.64. The van der Waals surface area contributed by atoms with Crippen molar-refractivity contribution in [3.8, 4) is 0 Å². The van der Waals surface area contributed by atoms with Crippen molar-refractivity contribution < 1.29 is 9.53 Å². The molecule has 2 nitrogen and oxygen atoms in total. The zero-order valence-electron chi connectivity index (χ0n) is 9.21. The Morgan fingerprint density at radius 2 is 2.21 bits per heavy atom. The van der Waals surface area contributed by atoms with E-state index in [2.05, 4.69) is 13.8 Å². The van der Waals surface area contributed by atoms with E-state index in [9.17, 15) is 4.79 Å². The first kappa shape index (κ1) is 10.2. The molecule has 0 aromatic heterocycles. The molecule has 2 rings (SSSR count). The quantitative estimate of drug-likeness (QED) is 0.690. The van der Waals surface area contributed by atoms with Crippen LogP contribution in [0, 0.1) is 11.3 Å². The predicted octanol–water partition coefficient (Wildman–Crippen LogP) is 2.56. The topological polar surface area (TPSA) is 26.3 Å².